The summed E-state index contributed by atoms with van der Waals surface area (Å²) in [6, 6.07) is 13.9. The van der Waals surface area contributed by atoms with Crippen LogP contribution in [0.5, 0.6) is 0 Å². The molecule has 34 heavy (non-hydrogen) atoms. The Morgan fingerprint density at radius 1 is 0.676 bits per heavy atom. The van der Waals surface area contributed by atoms with Crippen molar-refractivity contribution in [3.63, 3.8) is 0 Å². The van der Waals surface area contributed by atoms with Crippen LogP contribution in [0.25, 0.3) is 12.2 Å². The summed E-state index contributed by atoms with van der Waals surface area (Å²) in [5.74, 6) is -1.46. The molecule has 0 aliphatic heterocycles. The van der Waals surface area contributed by atoms with Gasteiger partial charge in [0.1, 0.15) is 0 Å². The third kappa shape index (κ3) is 4.01. The van der Waals surface area contributed by atoms with Crippen LogP contribution in [-0.4, -0.2) is 48.2 Å². The number of quaternary nitrogens is 2. The number of hydrogen-bond acceptors (Lipinski definition) is 0. The molecule has 2 atom stereocenters. The summed E-state index contributed by atoms with van der Waals surface area (Å²) in [6.07, 6.45) is 4.73. The molecular formula is C28H41Cl2N2SiZr+2. The van der Waals surface area contributed by atoms with Crippen molar-refractivity contribution in [3.05, 3.63) is 69.8 Å². The summed E-state index contributed by atoms with van der Waals surface area (Å²) in [7, 11) is 29.7. The minimum atomic E-state index is -4.49. The number of benzene rings is 2. The van der Waals surface area contributed by atoms with E-state index in [2.05, 4.69) is 118 Å². The van der Waals surface area contributed by atoms with Gasteiger partial charge in [0.15, 0.2) is 0 Å². The fraction of sp³-hybridized carbons (Fsp3) is 0.429. The summed E-state index contributed by atoms with van der Waals surface area (Å²) in [4.78, 5) is 0. The van der Waals surface area contributed by atoms with Gasteiger partial charge in [-0.2, -0.15) is 0 Å². The zero-order chi connectivity index (χ0) is 25.5. The number of nitrogens with zero attached hydrogens (tertiary/aromatic N) is 2. The Morgan fingerprint density at radius 2 is 1.03 bits per heavy atom. The van der Waals surface area contributed by atoms with Crippen LogP contribution in [0.4, 0.5) is 11.4 Å². The standard InChI is InChI=1S/2C13H17N.C2H7Si.2ClH.Zr/c2*1-10-7-11-5-6-13(14(2,3)4)9-12(11)8-10;1-3-2;;;/h2*5-9H,1-4H3;3H,1-2H3;2*1H;/q2*+1;;;;+2/p-2. The SMILES string of the molecule is CC1=Cc2cc([N+](C)(C)C)ccc2[CH]1[Zr]([Cl])([Cl])([CH]1C(C)=Cc2cc([N+](C)(C)C)ccc21)[SiH](C)C. The summed E-state index contributed by atoms with van der Waals surface area (Å²) >= 11 is -4.49. The zero-order valence-corrected chi connectivity index (χ0v) is 27.6. The van der Waals surface area contributed by atoms with Gasteiger partial charge in [0.2, 0.25) is 0 Å². The van der Waals surface area contributed by atoms with E-state index in [9.17, 15) is 0 Å². The first-order chi connectivity index (χ1) is 15.5. The molecule has 0 saturated carbocycles. The van der Waals surface area contributed by atoms with Crippen molar-refractivity contribution in [2.24, 2.45) is 0 Å². The van der Waals surface area contributed by atoms with Crippen LogP contribution in [0.1, 0.15) is 43.4 Å². The third-order valence-corrected chi connectivity index (χ3v) is 60.5. The van der Waals surface area contributed by atoms with Crippen LogP contribution in [-0.2, 0) is 15.6 Å². The molecule has 2 unspecified atom stereocenters. The van der Waals surface area contributed by atoms with Crippen molar-refractivity contribution in [3.8, 4) is 0 Å². The van der Waals surface area contributed by atoms with E-state index in [1.54, 1.807) is 0 Å². The first kappa shape index (κ1) is 26.6. The quantitative estimate of drug-likeness (QED) is 0.246. The molecule has 2 aliphatic rings. The Bertz CT molecular complexity index is 1140. The van der Waals surface area contributed by atoms with Crippen molar-refractivity contribution >= 4 is 46.5 Å². The van der Waals surface area contributed by atoms with Crippen LogP contribution < -0.4 is 8.97 Å². The molecule has 0 bridgehead atoms. The van der Waals surface area contributed by atoms with E-state index in [4.69, 9.17) is 17.0 Å². The Labute approximate surface area is 215 Å². The molecule has 6 heteroatoms. The number of allylic oxidation sites excluding steroid dienone is 2. The molecule has 0 fully saturated rings. The van der Waals surface area contributed by atoms with Crippen LogP contribution in [0.2, 0.25) is 13.1 Å². The molecule has 2 nitrogen and oxygen atoms in total. The molecular weight excluding hydrogens is 555 g/mol. The average Bonchev–Trinajstić information content (AvgIpc) is 3.21. The zero-order valence-electron chi connectivity index (χ0n) is 22.5. The normalized spacial score (nSPS) is 21.6. The van der Waals surface area contributed by atoms with E-state index in [0.29, 0.717) is 0 Å². The first-order valence-electron chi connectivity index (χ1n) is 12.3. The fourth-order valence-corrected chi connectivity index (χ4v) is 39.2. The Kier molecular flexibility index (Phi) is 6.46. The van der Waals surface area contributed by atoms with Gasteiger partial charge in [0.25, 0.3) is 0 Å². The van der Waals surface area contributed by atoms with Crippen LogP contribution in [0.15, 0.2) is 47.5 Å². The van der Waals surface area contributed by atoms with E-state index in [-0.39, 0.29) is 7.25 Å². The topological polar surface area (TPSA) is 0 Å². The summed E-state index contributed by atoms with van der Waals surface area (Å²) < 4.78 is 1.94. The molecule has 2 aromatic carbocycles. The number of rotatable bonds is 5. The number of hydrogen-bond donors (Lipinski definition) is 0. The van der Waals surface area contributed by atoms with Crippen molar-refractivity contribution in [2.45, 2.75) is 34.2 Å². The molecule has 0 saturated heterocycles. The Balaban J connectivity index is 1.91. The maximum atomic E-state index is 8.19. The monoisotopic (exact) mass is 593 g/mol. The second-order valence-corrected chi connectivity index (χ2v) is 55.2. The Hall–Kier alpha value is -0.480. The molecule has 2 aromatic rings. The molecule has 0 radical (unpaired) electrons. The predicted octanol–water partition coefficient (Wildman–Crippen LogP) is 7.68. The Morgan fingerprint density at radius 3 is 1.32 bits per heavy atom. The summed E-state index contributed by atoms with van der Waals surface area (Å²) in [5, 5.41) is 0. The van der Waals surface area contributed by atoms with Gasteiger partial charge < -0.3 is 0 Å². The van der Waals surface area contributed by atoms with Crippen LogP contribution in [0, 0.1) is 0 Å². The van der Waals surface area contributed by atoms with Gasteiger partial charge in [0.05, 0.1) is 0 Å². The number of halogens is 2. The maximum absolute atomic E-state index is 8.19. The first-order valence-corrected chi connectivity index (χ1v) is 28.6. The molecule has 0 N–H and O–H groups in total. The van der Waals surface area contributed by atoms with Crippen molar-refractivity contribution in [2.75, 3.05) is 42.3 Å². The fourth-order valence-electron chi connectivity index (χ4n) is 6.18. The van der Waals surface area contributed by atoms with E-state index in [1.807, 2.05) is 0 Å². The molecule has 0 amide bonds. The van der Waals surface area contributed by atoms with Gasteiger partial charge in [-0.05, 0) is 0 Å². The van der Waals surface area contributed by atoms with Crippen molar-refractivity contribution in [1.82, 2.24) is 8.97 Å². The molecule has 4 rings (SSSR count). The number of fused-ring (bicyclic) bond motifs is 2. The van der Waals surface area contributed by atoms with Crippen molar-refractivity contribution in [1.29, 1.82) is 0 Å². The van der Waals surface area contributed by atoms with E-state index < -0.39 is 21.5 Å². The molecule has 183 valence electrons. The van der Waals surface area contributed by atoms with Crippen LogP contribution in [0.3, 0.4) is 0 Å². The van der Waals surface area contributed by atoms with Gasteiger partial charge in [0, 0.05) is 0 Å². The average molecular weight is 596 g/mol. The molecule has 2 aliphatic carbocycles. The van der Waals surface area contributed by atoms with Gasteiger partial charge in [-0.1, -0.05) is 0 Å². The molecule has 0 spiro atoms. The second-order valence-electron chi connectivity index (χ2n) is 12.7. The van der Waals surface area contributed by atoms with Crippen LogP contribution >= 0.6 is 17.0 Å². The van der Waals surface area contributed by atoms with Gasteiger partial charge in [-0.15, -0.1) is 0 Å². The summed E-state index contributed by atoms with van der Waals surface area (Å²) in [5.41, 5.74) is 10.7. The minimum absolute atomic E-state index is 0.172. The predicted molar refractivity (Wildman–Crippen MR) is 155 cm³/mol. The van der Waals surface area contributed by atoms with Gasteiger partial charge in [-0.3, -0.25) is 0 Å². The summed E-state index contributed by atoms with van der Waals surface area (Å²) in [6.45, 7) is 9.34. The molecule has 0 aromatic heterocycles. The third-order valence-electron chi connectivity index (χ3n) is 8.20. The van der Waals surface area contributed by atoms with Gasteiger partial charge >= 0.3 is 217 Å². The van der Waals surface area contributed by atoms with Gasteiger partial charge in [-0.25, -0.2) is 0 Å². The van der Waals surface area contributed by atoms with Crippen molar-refractivity contribution < 1.29 is 15.6 Å². The van der Waals surface area contributed by atoms with E-state index in [0.717, 1.165) is 8.97 Å². The second kappa shape index (κ2) is 8.27. The van der Waals surface area contributed by atoms with E-state index in [1.165, 1.54) is 44.8 Å². The van der Waals surface area contributed by atoms with E-state index >= 15 is 0 Å². The molecule has 0 heterocycles.